The molecule has 2 unspecified atom stereocenters. The second-order valence-corrected chi connectivity index (χ2v) is 7.93. The van der Waals surface area contributed by atoms with E-state index in [1.165, 1.54) is 0 Å². The van der Waals surface area contributed by atoms with E-state index in [0.29, 0.717) is 44.2 Å². The van der Waals surface area contributed by atoms with Crippen molar-refractivity contribution in [2.45, 2.75) is 52.1 Å². The van der Waals surface area contributed by atoms with Crippen LogP contribution in [-0.2, 0) is 16.1 Å². The van der Waals surface area contributed by atoms with Crippen LogP contribution in [0, 0.1) is 5.92 Å². The zero-order valence-electron chi connectivity index (χ0n) is 19.2. The summed E-state index contributed by atoms with van der Waals surface area (Å²) < 4.78 is 11.0. The number of nitrogens with one attached hydrogen (secondary N) is 1. The first-order valence-electron chi connectivity index (χ1n) is 11.4. The number of nitrogens with zero attached hydrogens (tertiary/aromatic N) is 2. The zero-order valence-corrected chi connectivity index (χ0v) is 19.2. The summed E-state index contributed by atoms with van der Waals surface area (Å²) in [5.41, 5.74) is 1.79. The molecule has 7 heteroatoms. The number of methoxy groups -OCH3 is 1. The van der Waals surface area contributed by atoms with E-state index in [-0.39, 0.29) is 23.8 Å². The lowest BCUT2D eigenvalue weighted by molar-refractivity contribution is -0.143. The Morgan fingerprint density at radius 1 is 1.25 bits per heavy atom. The van der Waals surface area contributed by atoms with Crippen molar-refractivity contribution in [1.29, 1.82) is 0 Å². The highest BCUT2D eigenvalue weighted by Crippen LogP contribution is 2.40. The highest BCUT2D eigenvalue weighted by Gasteiger charge is 2.41. The summed E-state index contributed by atoms with van der Waals surface area (Å²) in [6.45, 7) is 5.54. The van der Waals surface area contributed by atoms with Gasteiger partial charge >= 0.3 is 0 Å². The molecule has 2 heterocycles. The number of benzene rings is 1. The predicted octanol–water partition coefficient (Wildman–Crippen LogP) is 3.89. The molecule has 1 aliphatic heterocycles. The fourth-order valence-electron chi connectivity index (χ4n) is 4.22. The van der Waals surface area contributed by atoms with Gasteiger partial charge in [-0.25, -0.2) is 4.98 Å². The number of carbonyl (C=O) groups is 2. The number of likely N-dealkylation sites (tertiary alicyclic amines) is 1. The van der Waals surface area contributed by atoms with E-state index in [2.05, 4.69) is 17.2 Å². The summed E-state index contributed by atoms with van der Waals surface area (Å²) in [7, 11) is 1.62. The van der Waals surface area contributed by atoms with Crippen LogP contribution in [0.15, 0.2) is 42.6 Å². The molecule has 172 valence electrons. The van der Waals surface area contributed by atoms with E-state index in [0.717, 1.165) is 24.0 Å². The maximum absolute atomic E-state index is 13.4. The molecule has 0 aliphatic carbocycles. The summed E-state index contributed by atoms with van der Waals surface area (Å²) in [6.07, 6.45) is 4.43. The first-order valence-corrected chi connectivity index (χ1v) is 11.4. The Bertz CT molecular complexity index is 918. The van der Waals surface area contributed by atoms with E-state index in [1.54, 1.807) is 13.3 Å². The Morgan fingerprint density at radius 3 is 2.81 bits per heavy atom. The number of amides is 2. The van der Waals surface area contributed by atoms with Crippen LogP contribution < -0.4 is 14.8 Å². The maximum Gasteiger partial charge on any atom is 0.225 e. The molecular weight excluding hydrogens is 406 g/mol. The average Bonchev–Trinajstić information content (AvgIpc) is 2.82. The molecule has 2 atom stereocenters. The zero-order chi connectivity index (χ0) is 22.9. The number of rotatable bonds is 10. The number of aromatic nitrogens is 1. The third-order valence-electron chi connectivity index (χ3n) is 5.81. The lowest BCUT2D eigenvalue weighted by Gasteiger charge is -2.41. The standard InChI is InChI=1S/C25H33N3O4/c1-4-6-15-28-23(29)12-11-20(24(28)19-9-7-8-10-21(19)31-3)25(30)27-17-18-13-14-26-22(16-18)32-5-2/h7-10,13-14,16,20,24H,4-6,11-12,15,17H2,1-3H3,(H,27,30). The van der Waals surface area contributed by atoms with Crippen molar-refractivity contribution in [2.24, 2.45) is 5.92 Å². The van der Waals surface area contributed by atoms with Crippen LogP contribution in [0.1, 0.15) is 56.7 Å². The first-order chi connectivity index (χ1) is 15.6. The Kier molecular flexibility index (Phi) is 8.48. The molecule has 0 radical (unpaired) electrons. The molecule has 0 saturated carbocycles. The fraction of sp³-hybridized carbons (Fsp3) is 0.480. The normalized spacial score (nSPS) is 18.3. The molecule has 1 aliphatic rings. The molecule has 1 N–H and O–H groups in total. The first kappa shape index (κ1) is 23.6. The SMILES string of the molecule is CCCCN1C(=O)CCC(C(=O)NCc2ccnc(OCC)c2)C1c1ccccc1OC. The van der Waals surface area contributed by atoms with Crippen LogP contribution in [-0.4, -0.2) is 42.0 Å². The van der Waals surface area contributed by atoms with Crippen LogP contribution >= 0.6 is 0 Å². The molecule has 7 nitrogen and oxygen atoms in total. The second-order valence-electron chi connectivity index (χ2n) is 7.93. The van der Waals surface area contributed by atoms with Crippen molar-refractivity contribution in [1.82, 2.24) is 15.2 Å². The minimum absolute atomic E-state index is 0.0651. The van der Waals surface area contributed by atoms with Crippen LogP contribution in [0.5, 0.6) is 11.6 Å². The van der Waals surface area contributed by atoms with Gasteiger partial charge in [-0.2, -0.15) is 0 Å². The number of hydrogen-bond donors (Lipinski definition) is 1. The third kappa shape index (κ3) is 5.58. The summed E-state index contributed by atoms with van der Waals surface area (Å²) in [5.74, 6) is 0.912. The highest BCUT2D eigenvalue weighted by atomic mass is 16.5. The quantitative estimate of drug-likeness (QED) is 0.608. The number of pyridine rings is 1. The largest absolute Gasteiger partial charge is 0.496 e. The van der Waals surface area contributed by atoms with Gasteiger partial charge in [0.05, 0.1) is 25.7 Å². The molecule has 2 amide bonds. The van der Waals surface area contributed by atoms with Gasteiger partial charge in [-0.15, -0.1) is 0 Å². The molecule has 1 fully saturated rings. The molecule has 0 spiro atoms. The van der Waals surface area contributed by atoms with Gasteiger partial charge in [0, 0.05) is 37.3 Å². The van der Waals surface area contributed by atoms with Gasteiger partial charge in [-0.05, 0) is 37.5 Å². The van der Waals surface area contributed by atoms with Crippen LogP contribution in [0.4, 0.5) is 0 Å². The maximum atomic E-state index is 13.4. The minimum Gasteiger partial charge on any atom is -0.496 e. The summed E-state index contributed by atoms with van der Waals surface area (Å²) in [5, 5.41) is 3.07. The average molecular weight is 440 g/mol. The number of carbonyl (C=O) groups excluding carboxylic acids is 2. The van der Waals surface area contributed by atoms with E-state index in [4.69, 9.17) is 9.47 Å². The predicted molar refractivity (Wildman–Crippen MR) is 122 cm³/mol. The lowest BCUT2D eigenvalue weighted by atomic mass is 9.83. The van der Waals surface area contributed by atoms with Crippen molar-refractivity contribution < 1.29 is 19.1 Å². The topological polar surface area (TPSA) is 80.8 Å². The lowest BCUT2D eigenvalue weighted by Crippen LogP contribution is -2.48. The van der Waals surface area contributed by atoms with E-state index >= 15 is 0 Å². The monoisotopic (exact) mass is 439 g/mol. The molecule has 32 heavy (non-hydrogen) atoms. The third-order valence-corrected chi connectivity index (χ3v) is 5.81. The summed E-state index contributed by atoms with van der Waals surface area (Å²) in [6, 6.07) is 11.0. The Balaban J connectivity index is 1.84. The number of unbranched alkanes of at least 4 members (excludes halogenated alkanes) is 1. The number of piperidine rings is 1. The van der Waals surface area contributed by atoms with Gasteiger partial charge in [-0.3, -0.25) is 9.59 Å². The smallest absolute Gasteiger partial charge is 0.225 e. The Labute approximate surface area is 190 Å². The van der Waals surface area contributed by atoms with Gasteiger partial charge in [0.15, 0.2) is 0 Å². The van der Waals surface area contributed by atoms with E-state index in [9.17, 15) is 9.59 Å². The van der Waals surface area contributed by atoms with Gasteiger partial charge in [0.1, 0.15) is 5.75 Å². The highest BCUT2D eigenvalue weighted by molar-refractivity contribution is 5.85. The van der Waals surface area contributed by atoms with Crippen molar-refractivity contribution in [2.75, 3.05) is 20.3 Å². The van der Waals surface area contributed by atoms with Crippen LogP contribution in [0.2, 0.25) is 0 Å². The Hall–Kier alpha value is -3.09. The number of hydrogen-bond acceptors (Lipinski definition) is 5. The second kappa shape index (κ2) is 11.5. The van der Waals surface area contributed by atoms with Crippen LogP contribution in [0.25, 0.3) is 0 Å². The molecule has 0 bridgehead atoms. The van der Waals surface area contributed by atoms with Crippen molar-refractivity contribution in [3.8, 4) is 11.6 Å². The number of ether oxygens (including phenoxy) is 2. The minimum atomic E-state index is -0.353. The van der Waals surface area contributed by atoms with Gasteiger partial charge in [-0.1, -0.05) is 31.5 Å². The van der Waals surface area contributed by atoms with Crippen molar-refractivity contribution >= 4 is 11.8 Å². The molecule has 2 aromatic rings. The van der Waals surface area contributed by atoms with Gasteiger partial charge < -0.3 is 19.7 Å². The fourth-order valence-corrected chi connectivity index (χ4v) is 4.22. The Morgan fingerprint density at radius 2 is 2.06 bits per heavy atom. The molecule has 1 saturated heterocycles. The summed E-state index contributed by atoms with van der Waals surface area (Å²) in [4.78, 5) is 32.3. The number of para-hydroxylation sites is 1. The van der Waals surface area contributed by atoms with Crippen molar-refractivity contribution in [3.05, 3.63) is 53.7 Å². The van der Waals surface area contributed by atoms with Crippen molar-refractivity contribution in [3.63, 3.8) is 0 Å². The van der Waals surface area contributed by atoms with Gasteiger partial charge in [0.25, 0.3) is 0 Å². The van der Waals surface area contributed by atoms with Gasteiger partial charge in [0.2, 0.25) is 17.7 Å². The van der Waals surface area contributed by atoms with E-state index in [1.807, 2.05) is 48.2 Å². The van der Waals surface area contributed by atoms with Crippen LogP contribution in [0.3, 0.4) is 0 Å². The van der Waals surface area contributed by atoms with E-state index < -0.39 is 0 Å². The molecule has 1 aromatic heterocycles. The molecule has 1 aromatic carbocycles. The summed E-state index contributed by atoms with van der Waals surface area (Å²) >= 11 is 0. The molecule has 3 rings (SSSR count). The molecular formula is C25H33N3O4.